The number of benzene rings is 2. The quantitative estimate of drug-likeness (QED) is 0.912. The summed E-state index contributed by atoms with van der Waals surface area (Å²) in [6.07, 6.45) is -0.756. The summed E-state index contributed by atoms with van der Waals surface area (Å²) >= 11 is 0. The molecule has 1 atom stereocenters. The Morgan fingerprint density at radius 3 is 2.58 bits per heavy atom. The van der Waals surface area contributed by atoms with Gasteiger partial charge in [-0.3, -0.25) is 9.59 Å². The molecule has 1 N–H and O–H groups in total. The van der Waals surface area contributed by atoms with Crippen LogP contribution >= 0.6 is 0 Å². The van der Waals surface area contributed by atoms with Crippen LogP contribution in [0.2, 0.25) is 0 Å². The van der Waals surface area contributed by atoms with Crippen LogP contribution < -0.4 is 15.0 Å². The summed E-state index contributed by atoms with van der Waals surface area (Å²) in [5.41, 5.74) is 3.61. The first-order valence-corrected chi connectivity index (χ1v) is 8.82. The van der Waals surface area contributed by atoms with Crippen LogP contribution in [0.3, 0.4) is 0 Å². The van der Waals surface area contributed by atoms with E-state index in [2.05, 4.69) is 19.2 Å². The molecule has 1 aliphatic rings. The van der Waals surface area contributed by atoms with Crippen LogP contribution in [0.15, 0.2) is 42.5 Å². The van der Waals surface area contributed by atoms with Gasteiger partial charge in [-0.05, 0) is 36.1 Å². The van der Waals surface area contributed by atoms with Crippen LogP contribution in [0.25, 0.3) is 0 Å². The first-order chi connectivity index (χ1) is 12.4. The second kappa shape index (κ2) is 7.20. The van der Waals surface area contributed by atoms with Crippen molar-refractivity contribution < 1.29 is 14.3 Å². The molecule has 2 aromatic rings. The number of anilines is 2. The Morgan fingerprint density at radius 2 is 1.88 bits per heavy atom. The van der Waals surface area contributed by atoms with Crippen LogP contribution in [-0.2, 0) is 9.59 Å². The number of para-hydroxylation sites is 3. The summed E-state index contributed by atoms with van der Waals surface area (Å²) in [7, 11) is 0. The lowest BCUT2D eigenvalue weighted by atomic mass is 9.98. The molecule has 1 heterocycles. The van der Waals surface area contributed by atoms with E-state index in [1.54, 1.807) is 11.0 Å². The van der Waals surface area contributed by atoms with Gasteiger partial charge in [-0.2, -0.15) is 0 Å². The van der Waals surface area contributed by atoms with Crippen LogP contribution in [-0.4, -0.2) is 24.5 Å². The molecule has 5 heteroatoms. The van der Waals surface area contributed by atoms with Crippen molar-refractivity contribution in [3.8, 4) is 5.75 Å². The van der Waals surface area contributed by atoms with E-state index in [1.165, 1.54) is 6.92 Å². The summed E-state index contributed by atoms with van der Waals surface area (Å²) in [5, 5.41) is 3.02. The number of hydrogen-bond acceptors (Lipinski definition) is 3. The number of amides is 2. The molecule has 0 radical (unpaired) electrons. The van der Waals surface area contributed by atoms with Gasteiger partial charge in [0.15, 0.2) is 6.10 Å². The van der Waals surface area contributed by atoms with Crippen molar-refractivity contribution >= 4 is 23.2 Å². The zero-order chi connectivity index (χ0) is 18.8. The minimum atomic E-state index is -0.756. The maximum absolute atomic E-state index is 12.9. The summed E-state index contributed by atoms with van der Waals surface area (Å²) in [6.45, 7) is 7.85. The molecule has 136 valence electrons. The molecule has 2 amide bonds. The van der Waals surface area contributed by atoms with Crippen LogP contribution in [0.4, 0.5) is 11.4 Å². The lowest BCUT2D eigenvalue weighted by molar-refractivity contribution is -0.123. The minimum absolute atomic E-state index is 0.114. The number of rotatable bonds is 3. The highest BCUT2D eigenvalue weighted by Crippen LogP contribution is 2.34. The Hall–Kier alpha value is -2.82. The van der Waals surface area contributed by atoms with E-state index in [4.69, 9.17) is 4.74 Å². The average molecular weight is 352 g/mol. The van der Waals surface area contributed by atoms with Gasteiger partial charge in [-0.25, -0.2) is 0 Å². The predicted molar refractivity (Wildman–Crippen MR) is 103 cm³/mol. The lowest BCUT2D eigenvalue weighted by Crippen LogP contribution is -2.48. The lowest BCUT2D eigenvalue weighted by Gasteiger charge is -2.33. The molecule has 0 bridgehead atoms. The van der Waals surface area contributed by atoms with Crippen molar-refractivity contribution in [1.29, 1.82) is 0 Å². The van der Waals surface area contributed by atoms with Gasteiger partial charge in [0.2, 0.25) is 5.91 Å². The summed E-state index contributed by atoms with van der Waals surface area (Å²) in [6, 6.07) is 13.3. The number of ether oxygens (including phenoxy) is 1. The van der Waals surface area contributed by atoms with Crippen molar-refractivity contribution in [3.05, 3.63) is 53.6 Å². The van der Waals surface area contributed by atoms with Gasteiger partial charge >= 0.3 is 0 Å². The Labute approximate surface area is 154 Å². The number of carbonyl (C=O) groups is 2. The maximum Gasteiger partial charge on any atom is 0.267 e. The predicted octanol–water partition coefficient (Wildman–Crippen LogP) is 3.87. The second-order valence-electron chi connectivity index (χ2n) is 6.89. The van der Waals surface area contributed by atoms with E-state index >= 15 is 0 Å². The molecule has 5 nitrogen and oxygen atoms in total. The standard InChI is InChI=1S/C21H24N2O3/c1-13(2)16-9-7-8-14(3)20(16)22-21(25)19-12-23(15(4)24)17-10-5-6-11-18(17)26-19/h5-11,13,19H,12H2,1-4H3,(H,22,25). The second-order valence-corrected chi connectivity index (χ2v) is 6.89. The highest BCUT2D eigenvalue weighted by Gasteiger charge is 2.33. The summed E-state index contributed by atoms with van der Waals surface area (Å²) < 4.78 is 5.88. The molecule has 26 heavy (non-hydrogen) atoms. The zero-order valence-electron chi connectivity index (χ0n) is 15.6. The van der Waals surface area contributed by atoms with E-state index in [0.717, 1.165) is 16.8 Å². The van der Waals surface area contributed by atoms with Crippen LogP contribution in [0.5, 0.6) is 5.75 Å². The third-order valence-electron chi connectivity index (χ3n) is 4.62. The number of nitrogens with one attached hydrogen (secondary N) is 1. The Bertz CT molecular complexity index is 845. The molecule has 0 aromatic heterocycles. The van der Waals surface area contributed by atoms with Crippen molar-refractivity contribution in [3.63, 3.8) is 0 Å². The van der Waals surface area contributed by atoms with Gasteiger partial charge in [0.25, 0.3) is 5.91 Å². The van der Waals surface area contributed by atoms with Crippen molar-refractivity contribution in [1.82, 2.24) is 0 Å². The molecule has 0 aliphatic carbocycles. The number of carbonyl (C=O) groups excluding carboxylic acids is 2. The third-order valence-corrected chi connectivity index (χ3v) is 4.62. The first kappa shape index (κ1) is 18.0. The number of fused-ring (bicyclic) bond motifs is 1. The molecule has 0 saturated heterocycles. The van der Waals surface area contributed by atoms with E-state index in [1.807, 2.05) is 43.3 Å². The fourth-order valence-corrected chi connectivity index (χ4v) is 3.22. The largest absolute Gasteiger partial charge is 0.476 e. The van der Waals surface area contributed by atoms with E-state index in [9.17, 15) is 9.59 Å². The molecular weight excluding hydrogens is 328 g/mol. The average Bonchev–Trinajstić information content (AvgIpc) is 2.61. The van der Waals surface area contributed by atoms with Gasteiger partial charge < -0.3 is 15.0 Å². The van der Waals surface area contributed by atoms with Crippen LogP contribution in [0, 0.1) is 6.92 Å². The molecule has 0 saturated carbocycles. The molecule has 1 aliphatic heterocycles. The fourth-order valence-electron chi connectivity index (χ4n) is 3.22. The Balaban J connectivity index is 1.87. The maximum atomic E-state index is 12.9. The highest BCUT2D eigenvalue weighted by molar-refractivity contribution is 6.00. The smallest absolute Gasteiger partial charge is 0.267 e. The van der Waals surface area contributed by atoms with E-state index in [0.29, 0.717) is 11.4 Å². The van der Waals surface area contributed by atoms with Crippen LogP contribution in [0.1, 0.15) is 37.8 Å². The third kappa shape index (κ3) is 3.43. The number of nitrogens with zero attached hydrogens (tertiary/aromatic N) is 1. The normalized spacial score (nSPS) is 16.0. The molecule has 2 aromatic carbocycles. The SMILES string of the molecule is CC(=O)N1CC(C(=O)Nc2c(C)cccc2C(C)C)Oc2ccccc21. The Morgan fingerprint density at radius 1 is 1.15 bits per heavy atom. The monoisotopic (exact) mass is 352 g/mol. The number of hydrogen-bond donors (Lipinski definition) is 1. The molecule has 0 fully saturated rings. The molecule has 0 spiro atoms. The Kier molecular flexibility index (Phi) is 4.98. The van der Waals surface area contributed by atoms with Gasteiger partial charge in [0.1, 0.15) is 5.75 Å². The molecular formula is C21H24N2O3. The van der Waals surface area contributed by atoms with E-state index < -0.39 is 6.10 Å². The van der Waals surface area contributed by atoms with Crippen molar-refractivity contribution in [2.24, 2.45) is 0 Å². The number of aryl methyl sites for hydroxylation is 1. The topological polar surface area (TPSA) is 58.6 Å². The van der Waals surface area contributed by atoms with Gasteiger partial charge in [0, 0.05) is 12.6 Å². The zero-order valence-corrected chi connectivity index (χ0v) is 15.6. The first-order valence-electron chi connectivity index (χ1n) is 8.82. The fraction of sp³-hybridized carbons (Fsp3) is 0.333. The van der Waals surface area contributed by atoms with Gasteiger partial charge in [-0.15, -0.1) is 0 Å². The van der Waals surface area contributed by atoms with Crippen molar-refractivity contribution in [2.45, 2.75) is 39.7 Å². The van der Waals surface area contributed by atoms with Gasteiger partial charge in [0.05, 0.1) is 12.2 Å². The molecule has 3 rings (SSSR count). The minimum Gasteiger partial charge on any atom is -0.476 e. The van der Waals surface area contributed by atoms with Crippen molar-refractivity contribution in [2.75, 3.05) is 16.8 Å². The summed E-state index contributed by atoms with van der Waals surface area (Å²) in [4.78, 5) is 26.5. The summed E-state index contributed by atoms with van der Waals surface area (Å²) in [5.74, 6) is 0.467. The van der Waals surface area contributed by atoms with E-state index in [-0.39, 0.29) is 24.3 Å². The van der Waals surface area contributed by atoms with Gasteiger partial charge in [-0.1, -0.05) is 44.2 Å². The molecule has 1 unspecified atom stereocenters. The highest BCUT2D eigenvalue weighted by atomic mass is 16.5.